The quantitative estimate of drug-likeness (QED) is 0.0531. The lowest BCUT2D eigenvalue weighted by atomic mass is 9.95. The van der Waals surface area contributed by atoms with E-state index in [-0.39, 0.29) is 11.8 Å². The molecule has 0 aromatic heterocycles. The molecule has 0 radical (unpaired) electrons. The van der Waals surface area contributed by atoms with Crippen LogP contribution in [0, 0.1) is 142 Å². The first kappa shape index (κ1) is 101. The molecule has 0 bridgehead atoms. The van der Waals surface area contributed by atoms with Gasteiger partial charge >= 0.3 is 0 Å². The second-order valence-electron chi connectivity index (χ2n) is 48.2. The van der Waals surface area contributed by atoms with Crippen LogP contribution in [0.5, 0.6) is 0 Å². The van der Waals surface area contributed by atoms with Crippen LogP contribution in [0.1, 0.15) is 335 Å². The molecule has 12 aliphatic carbocycles. The minimum Gasteiger partial charge on any atom is -0.385 e. The van der Waals surface area contributed by atoms with Crippen molar-refractivity contribution in [2.75, 3.05) is 102 Å². The molecule has 13 nitrogen and oxygen atoms in total. The number of nitrogens with zero attached hydrogens (tertiary/aromatic N) is 10. The van der Waals surface area contributed by atoms with Crippen LogP contribution in [-0.2, 0) is 14.3 Å². The van der Waals surface area contributed by atoms with Crippen LogP contribution in [-0.4, -0.2) is 253 Å². The number of amides is 2. The molecule has 0 aromatic carbocycles. The molecule has 2 amide bonds. The fraction of sp³-hybridized carbons (Fsp3) is 0.981. The van der Waals surface area contributed by atoms with E-state index >= 15 is 0 Å². The van der Waals surface area contributed by atoms with Gasteiger partial charge in [-0.1, -0.05) is 187 Å². The van der Waals surface area contributed by atoms with Crippen LogP contribution in [0.3, 0.4) is 0 Å². The third-order valence-electron chi connectivity index (χ3n) is 32.6. The minimum atomic E-state index is 0.207. The summed E-state index contributed by atoms with van der Waals surface area (Å²) in [5.74, 6) is 22.7. The van der Waals surface area contributed by atoms with Gasteiger partial charge in [0, 0.05) is 159 Å². The molecule has 20 fully saturated rings. The SMILES string of the molecule is CC(C)C1(C)CC1.CC(C)C1C(C2CC2)N1C.CC(C)C1C(C2CC2)N1C1CC1.CC(C)C1C(C2CC2)N1CC(=O)N(C)C.CC(C)C1CC1.CC(C)C1CC1C.CC(C)C1CC1C1CC1.CC(C)C1CN1C.CC(C)C1CN1C1CC1.CC(C)C1CN1CC(=O)N(C)C.CCN1C(C(C)C)C1C1CC1.COCCCN1C(C(C)C)C1C1CC1. The monoisotopic (exact) mass is 1660 g/mol. The predicted octanol–water partition coefficient (Wildman–Crippen LogP) is 21.8. The maximum Gasteiger partial charge on any atom is 0.236 e. The summed E-state index contributed by atoms with van der Waals surface area (Å²) >= 11 is 0. The topological polar surface area (TPSA) is 73.9 Å². The standard InChI is InChI=1S/C12H22N2O.C12H23NO.C11H19N.C10H19N.C9H18N2O.C9H17N.C9H16.C8H15N.2C7H14.C6H13N.C6H12/c1-8(2)11-12(9-5-6-9)14(11)7-10(15)13(3)4;1-9(2)11-12(10-5-6-10)13(11)7-4-8-14-3;1-7(2)10-11(8-3-4-8)12(10)9-5-6-9;1-4-11-9(7(2)3)10(11)8-5-6-8;1-7(2)8-5-11(8)6-9(12)10(3)4;1-6(2)8-9(10(8)3)7-4-5-7;2*1-6(2)8-5-9(8)7-3-4-7;1-6(2)7(3)4-5-7;1-5(2)7-4-6(7)3;1-5(2)6-4-7(6)3;1-5(2)6-3-4-6/h8-9,11-12H,5-7H2,1-4H3;9-12H,4-8H2,1-3H3;7-11H,3-6H2,1-2H3;7-10H,4-6H2,1-3H3;7-8H,5-6H2,1-4H3;6-9H,4-5H2,1-3H3;6-9H,3-5H2,1-2H3;6-8H,3-5H2,1-2H3;6H,4-5H2,1-3H3;5-7H,4H2,1-3H3;5-6H,4H2,1-3H3;5-6H,3-4H2,1-2H3. The zero-order chi connectivity index (χ0) is 88.0. The van der Waals surface area contributed by atoms with Crippen LogP contribution >= 0.6 is 0 Å². The Balaban J connectivity index is 0.000000149. The molecule has 0 aromatic rings. The molecule has 8 aliphatic heterocycles. The molecular formula is C106H202N10O3. The fourth-order valence-corrected chi connectivity index (χ4v) is 21.8. The van der Waals surface area contributed by atoms with Gasteiger partial charge in [-0.3, -0.25) is 43.9 Å². The number of rotatable bonds is 29. The van der Waals surface area contributed by atoms with Crippen LogP contribution < -0.4 is 0 Å². The fourth-order valence-electron chi connectivity index (χ4n) is 21.8. The van der Waals surface area contributed by atoms with E-state index in [1.807, 2.05) is 14.1 Å². The molecular weight excluding hydrogens is 1460 g/mol. The molecule has 694 valence electrons. The number of hydrogen-bond acceptors (Lipinski definition) is 11. The molecule has 20 aliphatic rings. The summed E-state index contributed by atoms with van der Waals surface area (Å²) in [5, 5.41) is 0. The van der Waals surface area contributed by atoms with Crippen molar-refractivity contribution in [3.05, 3.63) is 0 Å². The molecule has 8 saturated heterocycles. The van der Waals surface area contributed by atoms with E-state index in [4.69, 9.17) is 4.74 Å². The molecule has 13 heteroatoms. The van der Waals surface area contributed by atoms with E-state index in [2.05, 4.69) is 240 Å². The Labute approximate surface area is 739 Å². The normalized spacial score (nSPS) is 37.5. The summed E-state index contributed by atoms with van der Waals surface area (Å²) in [6.07, 6.45) is 34.0. The highest BCUT2D eigenvalue weighted by atomic mass is 16.5. The lowest BCUT2D eigenvalue weighted by molar-refractivity contribution is -0.129. The Kier molecular flexibility index (Phi) is 38.1. The van der Waals surface area contributed by atoms with Gasteiger partial charge in [-0.2, -0.15) is 0 Å². The van der Waals surface area contributed by atoms with Gasteiger partial charge in [0.1, 0.15) is 0 Å². The van der Waals surface area contributed by atoms with Gasteiger partial charge in [0.15, 0.2) is 0 Å². The number of hydrogen-bond donors (Lipinski definition) is 0. The van der Waals surface area contributed by atoms with E-state index in [1.54, 1.807) is 50.3 Å². The van der Waals surface area contributed by atoms with Gasteiger partial charge in [-0.25, -0.2) is 0 Å². The van der Waals surface area contributed by atoms with Crippen LogP contribution in [0.25, 0.3) is 0 Å². The van der Waals surface area contributed by atoms with E-state index in [1.165, 1.54) is 166 Å². The summed E-state index contributed by atoms with van der Waals surface area (Å²) in [4.78, 5) is 46.6. The molecule has 0 spiro atoms. The van der Waals surface area contributed by atoms with Crippen molar-refractivity contribution in [3.63, 3.8) is 0 Å². The van der Waals surface area contributed by atoms with Gasteiger partial charge in [0.05, 0.1) is 13.1 Å². The molecule has 0 N–H and O–H groups in total. The largest absolute Gasteiger partial charge is 0.385 e. The van der Waals surface area contributed by atoms with Crippen molar-refractivity contribution in [2.45, 2.75) is 425 Å². The first-order chi connectivity index (χ1) is 56.0. The van der Waals surface area contributed by atoms with Gasteiger partial charge in [-0.05, 0) is 310 Å². The number of ether oxygens (including phenoxy) is 1. The summed E-state index contributed by atoms with van der Waals surface area (Å²) in [6, 6.07) is 13.6. The van der Waals surface area contributed by atoms with E-state index < -0.39 is 0 Å². The zero-order valence-corrected chi connectivity index (χ0v) is 85.1. The Morgan fingerprint density at radius 2 is 0.815 bits per heavy atom. The highest BCUT2D eigenvalue weighted by Gasteiger charge is 2.62. The maximum absolute atomic E-state index is 11.6. The number of likely N-dealkylation sites (N-methyl/N-ethyl adjacent to an activating group) is 5. The second kappa shape index (κ2) is 44.7. The third kappa shape index (κ3) is 32.9. The van der Waals surface area contributed by atoms with E-state index in [0.717, 1.165) is 204 Å². The summed E-state index contributed by atoms with van der Waals surface area (Å²) in [5.41, 5.74) is 0.750. The molecule has 8 heterocycles. The van der Waals surface area contributed by atoms with E-state index in [0.29, 0.717) is 43.1 Å². The lowest BCUT2D eigenvalue weighted by Gasteiger charge is -2.11. The Hall–Kier alpha value is -1.42. The van der Waals surface area contributed by atoms with Crippen LogP contribution in [0.4, 0.5) is 0 Å². The number of methoxy groups -OCH3 is 1. The van der Waals surface area contributed by atoms with Crippen molar-refractivity contribution in [3.8, 4) is 0 Å². The molecule has 12 saturated carbocycles. The zero-order valence-electron chi connectivity index (χ0n) is 85.1. The average molecular weight is 1660 g/mol. The van der Waals surface area contributed by atoms with Gasteiger partial charge < -0.3 is 19.4 Å². The van der Waals surface area contributed by atoms with Crippen LogP contribution in [0.2, 0.25) is 0 Å². The lowest BCUT2D eigenvalue weighted by Crippen LogP contribution is -2.30. The van der Waals surface area contributed by atoms with Crippen molar-refractivity contribution in [1.29, 1.82) is 0 Å². The average Bonchev–Trinajstić information content (AvgIpc) is 1.54. The molecule has 25 unspecified atom stereocenters. The van der Waals surface area contributed by atoms with Crippen LogP contribution in [0.15, 0.2) is 0 Å². The predicted molar refractivity (Wildman–Crippen MR) is 509 cm³/mol. The summed E-state index contributed by atoms with van der Waals surface area (Å²) < 4.78 is 5.10. The Bertz CT molecular complexity index is 2820. The van der Waals surface area contributed by atoms with Crippen molar-refractivity contribution < 1.29 is 14.3 Å². The van der Waals surface area contributed by atoms with Crippen molar-refractivity contribution in [2.24, 2.45) is 142 Å². The highest BCUT2D eigenvalue weighted by molar-refractivity contribution is 5.78. The van der Waals surface area contributed by atoms with Crippen molar-refractivity contribution in [1.82, 2.24) is 49.0 Å². The molecule has 20 rings (SSSR count). The number of carbonyl (C=O) groups excluding carboxylic acids is 2. The summed E-state index contributed by atoms with van der Waals surface area (Å²) in [6.45, 7) is 71.1. The molecule has 119 heavy (non-hydrogen) atoms. The smallest absolute Gasteiger partial charge is 0.236 e. The highest BCUT2D eigenvalue weighted by Crippen LogP contribution is 2.58. The minimum absolute atomic E-state index is 0.207. The van der Waals surface area contributed by atoms with E-state index in [9.17, 15) is 9.59 Å². The second-order valence-corrected chi connectivity index (χ2v) is 48.2. The van der Waals surface area contributed by atoms with Gasteiger partial charge in [-0.15, -0.1) is 0 Å². The first-order valence-electron chi connectivity index (χ1n) is 51.9. The van der Waals surface area contributed by atoms with Gasteiger partial charge in [0.25, 0.3) is 0 Å². The Morgan fingerprint density at radius 1 is 0.412 bits per heavy atom. The first-order valence-corrected chi connectivity index (χ1v) is 51.9. The molecule has 25 atom stereocenters. The third-order valence-corrected chi connectivity index (χ3v) is 32.6. The number of carbonyl (C=O) groups is 2. The van der Waals surface area contributed by atoms with Crippen molar-refractivity contribution >= 4 is 11.8 Å². The Morgan fingerprint density at radius 3 is 1.08 bits per heavy atom. The summed E-state index contributed by atoms with van der Waals surface area (Å²) in [7, 11) is 13.5. The van der Waals surface area contributed by atoms with Gasteiger partial charge in [0.2, 0.25) is 11.8 Å². The maximum atomic E-state index is 11.6.